The minimum atomic E-state index is -1.58. The molecule has 0 N–H and O–H groups in total. The fraction of sp³-hybridized carbons (Fsp3) is 0.629. The number of hydrogen-bond acceptors (Lipinski definition) is 12. The number of esters is 5. The van der Waals surface area contributed by atoms with E-state index >= 15 is 0 Å². The fourth-order valence-electron chi connectivity index (χ4n) is 8.62. The lowest BCUT2D eigenvalue weighted by Crippen LogP contribution is -2.66. The molecule has 47 heavy (non-hydrogen) atoms. The zero-order chi connectivity index (χ0) is 34.3. The number of carbonyl (C=O) groups is 5. The SMILES string of the molecule is C#C[C@@]1(O[C@@H]2O[C@H](C(=O)OC)[C@@H](OC(C)=O)[C@H](OC(C)=O)[C@H]2OC(C)=O)CC[C@H]2[C@@H]3CCc4cc(OC(C)=O)ccc4[C@H]3CC[C@@]21C. The van der Waals surface area contributed by atoms with Gasteiger partial charge in [0.2, 0.25) is 6.29 Å². The zero-order valence-electron chi connectivity index (χ0n) is 27.6. The van der Waals surface area contributed by atoms with Gasteiger partial charge in [0.15, 0.2) is 24.4 Å². The lowest BCUT2D eigenvalue weighted by molar-refractivity contribution is -0.328. The minimum absolute atomic E-state index is 0.170. The van der Waals surface area contributed by atoms with E-state index in [0.717, 1.165) is 53.6 Å². The fourth-order valence-corrected chi connectivity index (χ4v) is 8.62. The van der Waals surface area contributed by atoms with Gasteiger partial charge in [0.05, 0.1) is 7.11 Å². The maximum atomic E-state index is 13.0. The van der Waals surface area contributed by atoms with Crippen LogP contribution in [0.5, 0.6) is 5.75 Å². The van der Waals surface area contributed by atoms with Crippen molar-refractivity contribution in [3.8, 4) is 18.1 Å². The molecule has 0 bridgehead atoms. The number of benzene rings is 1. The van der Waals surface area contributed by atoms with Crippen molar-refractivity contribution < 1.29 is 57.1 Å². The predicted octanol–water partition coefficient (Wildman–Crippen LogP) is 3.55. The lowest BCUT2D eigenvalue weighted by Gasteiger charge is -2.54. The van der Waals surface area contributed by atoms with Crippen molar-refractivity contribution in [3.63, 3.8) is 0 Å². The highest BCUT2D eigenvalue weighted by atomic mass is 16.7. The second-order valence-electron chi connectivity index (χ2n) is 13.1. The number of aryl methyl sites for hydroxylation is 1. The second kappa shape index (κ2) is 13.3. The minimum Gasteiger partial charge on any atom is -0.467 e. The van der Waals surface area contributed by atoms with Gasteiger partial charge in [-0.2, -0.15) is 0 Å². The number of terminal acetylenes is 1. The Morgan fingerprint density at radius 2 is 1.53 bits per heavy atom. The highest BCUT2D eigenvalue weighted by Crippen LogP contribution is 2.65. The van der Waals surface area contributed by atoms with E-state index < -0.39 is 65.6 Å². The number of fused-ring (bicyclic) bond motifs is 5. The molecule has 1 saturated heterocycles. The summed E-state index contributed by atoms with van der Waals surface area (Å²) in [7, 11) is 1.13. The zero-order valence-corrected chi connectivity index (χ0v) is 27.6. The van der Waals surface area contributed by atoms with Crippen molar-refractivity contribution in [3.05, 3.63) is 29.3 Å². The molecule has 1 aromatic rings. The lowest BCUT2D eigenvalue weighted by atomic mass is 9.53. The summed E-state index contributed by atoms with van der Waals surface area (Å²) < 4.78 is 39.6. The molecule has 0 amide bonds. The van der Waals surface area contributed by atoms with Crippen LogP contribution in [0.1, 0.15) is 83.8 Å². The van der Waals surface area contributed by atoms with E-state index in [2.05, 4.69) is 18.9 Å². The Morgan fingerprint density at radius 3 is 2.15 bits per heavy atom. The molecule has 12 heteroatoms. The molecule has 4 aliphatic rings. The summed E-state index contributed by atoms with van der Waals surface area (Å²) >= 11 is 0. The first-order valence-corrected chi connectivity index (χ1v) is 16.0. The van der Waals surface area contributed by atoms with Gasteiger partial charge in [-0.15, -0.1) is 6.42 Å². The third-order valence-electron chi connectivity index (χ3n) is 10.5. The third kappa shape index (κ3) is 6.35. The van der Waals surface area contributed by atoms with Gasteiger partial charge in [0.1, 0.15) is 11.4 Å². The van der Waals surface area contributed by atoms with Gasteiger partial charge < -0.3 is 33.2 Å². The maximum absolute atomic E-state index is 13.0. The highest BCUT2D eigenvalue weighted by molar-refractivity contribution is 5.77. The van der Waals surface area contributed by atoms with Gasteiger partial charge in [-0.05, 0) is 79.5 Å². The van der Waals surface area contributed by atoms with Crippen molar-refractivity contribution in [2.75, 3.05) is 7.11 Å². The predicted molar refractivity (Wildman–Crippen MR) is 162 cm³/mol. The number of ether oxygens (including phenoxy) is 7. The Labute approximate surface area is 274 Å². The quantitative estimate of drug-likeness (QED) is 0.183. The van der Waals surface area contributed by atoms with Crippen LogP contribution in [0.2, 0.25) is 0 Å². The van der Waals surface area contributed by atoms with E-state index in [1.807, 2.05) is 12.1 Å². The third-order valence-corrected chi connectivity index (χ3v) is 10.5. The van der Waals surface area contributed by atoms with Crippen LogP contribution in [0.4, 0.5) is 0 Å². The van der Waals surface area contributed by atoms with E-state index in [9.17, 15) is 24.0 Å². The largest absolute Gasteiger partial charge is 0.467 e. The molecule has 5 rings (SSSR count). The van der Waals surface area contributed by atoms with E-state index in [0.29, 0.717) is 24.5 Å². The van der Waals surface area contributed by atoms with Crippen LogP contribution in [0.15, 0.2) is 18.2 Å². The monoisotopic (exact) mass is 654 g/mol. The van der Waals surface area contributed by atoms with E-state index in [-0.39, 0.29) is 17.8 Å². The van der Waals surface area contributed by atoms with E-state index in [4.69, 9.17) is 39.6 Å². The molecule has 0 spiro atoms. The van der Waals surface area contributed by atoms with E-state index in [1.54, 1.807) is 0 Å². The Morgan fingerprint density at radius 1 is 0.872 bits per heavy atom. The van der Waals surface area contributed by atoms with Gasteiger partial charge in [0, 0.05) is 33.1 Å². The number of hydrogen-bond donors (Lipinski definition) is 0. The normalized spacial score (nSPS) is 35.5. The Kier molecular flexibility index (Phi) is 9.71. The molecule has 1 heterocycles. The summed E-state index contributed by atoms with van der Waals surface area (Å²) in [6.45, 7) is 6.92. The standard InChI is InChI=1S/C35H42O12/c1-8-35(47-33-31(45-21(5)39)29(44-20(4)38)28(43-19(3)37)30(46-33)32(40)41-7)16-14-27-26-11-9-22-17-23(42-18(2)36)10-12-24(22)25(26)13-15-34(27,35)6/h1,10,12,17,25-31,33H,9,11,13-16H2,2-7H3/t25-,26-,27+,28+,29+,30+,31-,33+,34+,35-/m1/s1. The topological polar surface area (TPSA) is 150 Å². The molecule has 1 aromatic carbocycles. The van der Waals surface area contributed by atoms with Crippen molar-refractivity contribution in [1.29, 1.82) is 0 Å². The van der Waals surface area contributed by atoms with Gasteiger partial charge in [-0.3, -0.25) is 19.2 Å². The first-order chi connectivity index (χ1) is 22.2. The van der Waals surface area contributed by atoms with Gasteiger partial charge in [-0.25, -0.2) is 4.79 Å². The van der Waals surface area contributed by atoms with Gasteiger partial charge in [0.25, 0.3) is 0 Å². The highest BCUT2D eigenvalue weighted by Gasteiger charge is 2.65. The van der Waals surface area contributed by atoms with Crippen LogP contribution in [0, 0.1) is 29.6 Å². The summed E-state index contributed by atoms with van der Waals surface area (Å²) in [5, 5.41) is 0. The van der Waals surface area contributed by atoms with Crippen LogP contribution < -0.4 is 4.74 Å². The molecule has 12 nitrogen and oxygen atoms in total. The van der Waals surface area contributed by atoms with Crippen molar-refractivity contribution in [1.82, 2.24) is 0 Å². The van der Waals surface area contributed by atoms with Crippen molar-refractivity contribution in [2.45, 2.75) is 115 Å². The Balaban J connectivity index is 1.47. The molecule has 0 aromatic heterocycles. The number of carbonyl (C=O) groups excluding carboxylic acids is 5. The molecule has 10 atom stereocenters. The Hall–Kier alpha value is -3.95. The molecule has 0 unspecified atom stereocenters. The number of rotatable bonds is 7. The van der Waals surface area contributed by atoms with Gasteiger partial charge in [-0.1, -0.05) is 18.9 Å². The first kappa shape index (κ1) is 34.4. The average molecular weight is 655 g/mol. The molecule has 1 aliphatic heterocycles. The molecular weight excluding hydrogens is 612 g/mol. The second-order valence-corrected chi connectivity index (χ2v) is 13.1. The van der Waals surface area contributed by atoms with Crippen LogP contribution >= 0.6 is 0 Å². The summed E-state index contributed by atoms with van der Waals surface area (Å²) in [4.78, 5) is 61.2. The smallest absolute Gasteiger partial charge is 0.339 e. The Bertz CT molecular complexity index is 1480. The molecule has 3 fully saturated rings. The molecule has 254 valence electrons. The molecule has 3 aliphatic carbocycles. The summed E-state index contributed by atoms with van der Waals surface area (Å²) in [5.41, 5.74) is 0.692. The molecule has 2 saturated carbocycles. The van der Waals surface area contributed by atoms with Crippen LogP contribution in [0.25, 0.3) is 0 Å². The van der Waals surface area contributed by atoms with Crippen LogP contribution in [0.3, 0.4) is 0 Å². The maximum Gasteiger partial charge on any atom is 0.339 e. The first-order valence-electron chi connectivity index (χ1n) is 16.0. The average Bonchev–Trinajstić information content (AvgIpc) is 3.30. The molecule has 0 radical (unpaired) electrons. The molecular formula is C35H42O12. The van der Waals surface area contributed by atoms with Crippen LogP contribution in [-0.2, 0) is 58.8 Å². The van der Waals surface area contributed by atoms with Gasteiger partial charge >= 0.3 is 29.8 Å². The summed E-state index contributed by atoms with van der Waals surface area (Å²) in [6, 6.07) is 5.87. The van der Waals surface area contributed by atoms with Crippen molar-refractivity contribution in [2.24, 2.45) is 17.3 Å². The number of methoxy groups -OCH3 is 1. The van der Waals surface area contributed by atoms with Crippen molar-refractivity contribution >= 4 is 29.8 Å². The van der Waals surface area contributed by atoms with E-state index in [1.165, 1.54) is 18.1 Å². The van der Waals surface area contributed by atoms with Crippen LogP contribution in [-0.4, -0.2) is 73.3 Å². The summed E-state index contributed by atoms with van der Waals surface area (Å²) in [6.07, 6.45) is 3.39. The summed E-state index contributed by atoms with van der Waals surface area (Å²) in [5.74, 6) is 0.666.